The number of aromatic hydroxyl groups is 1. The van der Waals surface area contributed by atoms with Crippen LogP contribution >= 0.6 is 0 Å². The Balaban J connectivity index is 1.80. The third kappa shape index (κ3) is 3.47. The van der Waals surface area contributed by atoms with Crippen LogP contribution in [-0.4, -0.2) is 49.0 Å². The number of methoxy groups -OCH3 is 1. The number of carbonyl (C=O) groups is 1. The number of hydrogen-bond acceptors (Lipinski definition) is 6. The van der Waals surface area contributed by atoms with Gasteiger partial charge in [0.05, 0.1) is 12.0 Å². The van der Waals surface area contributed by atoms with E-state index in [1.54, 1.807) is 36.4 Å². The van der Waals surface area contributed by atoms with Gasteiger partial charge in [0.25, 0.3) is 0 Å². The Hall–Kier alpha value is -2.71. The first-order chi connectivity index (χ1) is 12.4. The van der Waals surface area contributed by atoms with Crippen LogP contribution in [-0.2, 0) is 14.8 Å². The fourth-order valence-corrected chi connectivity index (χ4v) is 4.16. The molecule has 136 valence electrons. The highest BCUT2D eigenvalue weighted by molar-refractivity contribution is 7.89. The fraction of sp³-hybridized carbons (Fsp3) is 0.222. The molecule has 0 amide bonds. The summed E-state index contributed by atoms with van der Waals surface area (Å²) in [5.41, 5.74) is 1.36. The molecule has 8 heteroatoms. The van der Waals surface area contributed by atoms with Gasteiger partial charge in [-0.05, 0) is 35.8 Å². The van der Waals surface area contributed by atoms with E-state index in [9.17, 15) is 18.3 Å². The van der Waals surface area contributed by atoms with Gasteiger partial charge in [-0.3, -0.25) is 0 Å². The van der Waals surface area contributed by atoms with E-state index in [1.165, 1.54) is 23.7 Å². The molecule has 0 spiro atoms. The number of esters is 1. The summed E-state index contributed by atoms with van der Waals surface area (Å²) in [5.74, 6) is -0.985. The highest BCUT2D eigenvalue weighted by Gasteiger charge is 2.26. The third-order valence-corrected chi connectivity index (χ3v) is 6.05. The SMILES string of the molecule is COC(=O)c1ncc(C2=CCN(S(=O)(=O)c3ccccc3)CC2)cc1O. The molecule has 0 fully saturated rings. The van der Waals surface area contributed by atoms with E-state index < -0.39 is 16.0 Å². The van der Waals surface area contributed by atoms with E-state index in [0.717, 1.165) is 5.57 Å². The molecule has 2 aromatic rings. The monoisotopic (exact) mass is 374 g/mol. The van der Waals surface area contributed by atoms with E-state index in [-0.39, 0.29) is 22.9 Å². The first-order valence-electron chi connectivity index (χ1n) is 7.95. The molecule has 26 heavy (non-hydrogen) atoms. The Morgan fingerprint density at radius 2 is 2.00 bits per heavy atom. The second-order valence-corrected chi connectivity index (χ2v) is 7.68. The lowest BCUT2D eigenvalue weighted by Gasteiger charge is -2.26. The van der Waals surface area contributed by atoms with Gasteiger partial charge in [0.15, 0.2) is 5.69 Å². The van der Waals surface area contributed by atoms with Gasteiger partial charge in [-0.25, -0.2) is 18.2 Å². The van der Waals surface area contributed by atoms with Gasteiger partial charge in [-0.15, -0.1) is 0 Å². The van der Waals surface area contributed by atoms with E-state index in [4.69, 9.17) is 0 Å². The Bertz CT molecular complexity index is 955. The van der Waals surface area contributed by atoms with Gasteiger partial charge in [0, 0.05) is 19.3 Å². The predicted octanol–water partition coefficient (Wildman–Crippen LogP) is 2.05. The molecule has 2 heterocycles. The summed E-state index contributed by atoms with van der Waals surface area (Å²) in [6, 6.07) is 9.73. The maximum atomic E-state index is 12.6. The summed E-state index contributed by atoms with van der Waals surface area (Å²) >= 11 is 0. The van der Waals surface area contributed by atoms with Crippen molar-refractivity contribution >= 4 is 21.6 Å². The molecule has 0 radical (unpaired) electrons. The molecule has 1 aromatic carbocycles. The van der Waals surface area contributed by atoms with Crippen LogP contribution in [0.25, 0.3) is 5.57 Å². The van der Waals surface area contributed by atoms with E-state index in [0.29, 0.717) is 18.5 Å². The Labute approximate surface area is 151 Å². The van der Waals surface area contributed by atoms with E-state index in [1.807, 2.05) is 0 Å². The molecular formula is C18H18N2O5S. The lowest BCUT2D eigenvalue weighted by Crippen LogP contribution is -2.34. The summed E-state index contributed by atoms with van der Waals surface area (Å²) in [6.45, 7) is 0.550. The highest BCUT2D eigenvalue weighted by atomic mass is 32.2. The maximum absolute atomic E-state index is 12.6. The van der Waals surface area contributed by atoms with Crippen molar-refractivity contribution in [2.45, 2.75) is 11.3 Å². The quantitative estimate of drug-likeness (QED) is 0.823. The van der Waals surface area contributed by atoms with Crippen molar-refractivity contribution in [1.29, 1.82) is 0 Å². The van der Waals surface area contributed by atoms with Crippen LogP contribution in [0.2, 0.25) is 0 Å². The van der Waals surface area contributed by atoms with Crippen molar-refractivity contribution in [3.63, 3.8) is 0 Å². The molecule has 1 aliphatic rings. The molecule has 3 rings (SSSR count). The minimum Gasteiger partial charge on any atom is -0.505 e. The van der Waals surface area contributed by atoms with Crippen LogP contribution in [0.3, 0.4) is 0 Å². The van der Waals surface area contributed by atoms with Crippen molar-refractivity contribution in [2.75, 3.05) is 20.2 Å². The lowest BCUT2D eigenvalue weighted by atomic mass is 10.0. The van der Waals surface area contributed by atoms with Gasteiger partial charge in [0.1, 0.15) is 5.75 Å². The Kier molecular flexibility index (Phi) is 5.06. The number of ether oxygens (including phenoxy) is 1. The normalized spacial score (nSPS) is 15.3. The second kappa shape index (κ2) is 7.27. The Morgan fingerprint density at radius 3 is 2.58 bits per heavy atom. The van der Waals surface area contributed by atoms with Gasteiger partial charge in [-0.1, -0.05) is 24.3 Å². The number of sulfonamides is 1. The second-order valence-electron chi connectivity index (χ2n) is 5.74. The number of carbonyl (C=O) groups excluding carboxylic acids is 1. The molecule has 0 saturated heterocycles. The van der Waals surface area contributed by atoms with Crippen LogP contribution in [0, 0.1) is 0 Å². The van der Waals surface area contributed by atoms with Crippen molar-refractivity contribution in [1.82, 2.24) is 9.29 Å². The molecule has 1 aromatic heterocycles. The van der Waals surface area contributed by atoms with Gasteiger partial charge >= 0.3 is 5.97 Å². The molecule has 0 atom stereocenters. The van der Waals surface area contributed by atoms with Crippen LogP contribution in [0.4, 0.5) is 0 Å². The third-order valence-electron chi connectivity index (χ3n) is 4.17. The molecule has 0 saturated carbocycles. The van der Waals surface area contributed by atoms with Crippen molar-refractivity contribution < 1.29 is 23.1 Å². The van der Waals surface area contributed by atoms with Crippen LogP contribution in [0.5, 0.6) is 5.75 Å². The Morgan fingerprint density at radius 1 is 1.27 bits per heavy atom. The fourth-order valence-electron chi connectivity index (χ4n) is 2.76. The molecule has 1 N–H and O–H groups in total. The average molecular weight is 374 g/mol. The maximum Gasteiger partial charge on any atom is 0.360 e. The summed E-state index contributed by atoms with van der Waals surface area (Å²) in [7, 11) is -2.32. The summed E-state index contributed by atoms with van der Waals surface area (Å²) in [6.07, 6.45) is 3.74. The minimum atomic E-state index is -3.53. The standard InChI is InChI=1S/C18H18N2O5S/c1-25-18(22)17-16(21)11-14(12-19-17)13-7-9-20(10-8-13)26(23,24)15-5-3-2-4-6-15/h2-7,11-12,21H,8-10H2,1H3. The molecule has 1 aliphatic heterocycles. The van der Waals surface area contributed by atoms with E-state index in [2.05, 4.69) is 9.72 Å². The number of nitrogens with zero attached hydrogens (tertiary/aromatic N) is 2. The zero-order valence-electron chi connectivity index (χ0n) is 14.1. The minimum absolute atomic E-state index is 0.152. The number of rotatable bonds is 4. The van der Waals surface area contributed by atoms with E-state index >= 15 is 0 Å². The van der Waals surface area contributed by atoms with Crippen molar-refractivity contribution in [2.24, 2.45) is 0 Å². The van der Waals surface area contributed by atoms with Crippen LogP contribution in [0.15, 0.2) is 53.6 Å². The zero-order valence-corrected chi connectivity index (χ0v) is 14.9. The number of hydrogen-bond donors (Lipinski definition) is 1. The number of aromatic nitrogens is 1. The molecule has 0 unspecified atom stereocenters. The molecular weight excluding hydrogens is 356 g/mol. The largest absolute Gasteiger partial charge is 0.505 e. The lowest BCUT2D eigenvalue weighted by molar-refractivity contribution is 0.0590. The topological polar surface area (TPSA) is 96.8 Å². The molecule has 0 bridgehead atoms. The molecule has 7 nitrogen and oxygen atoms in total. The van der Waals surface area contributed by atoms with Gasteiger partial charge in [-0.2, -0.15) is 4.31 Å². The summed E-state index contributed by atoms with van der Waals surface area (Å²) in [5, 5.41) is 9.96. The number of pyridine rings is 1. The summed E-state index contributed by atoms with van der Waals surface area (Å²) in [4.78, 5) is 15.7. The van der Waals surface area contributed by atoms with Crippen LogP contribution < -0.4 is 0 Å². The zero-order chi connectivity index (χ0) is 18.7. The van der Waals surface area contributed by atoms with Gasteiger partial charge in [0.2, 0.25) is 10.0 Å². The van der Waals surface area contributed by atoms with Gasteiger partial charge < -0.3 is 9.84 Å². The first kappa shape index (κ1) is 18.1. The molecule has 0 aliphatic carbocycles. The number of benzene rings is 1. The highest BCUT2D eigenvalue weighted by Crippen LogP contribution is 2.28. The summed E-state index contributed by atoms with van der Waals surface area (Å²) < 4.78 is 31.2. The first-order valence-corrected chi connectivity index (χ1v) is 9.39. The predicted molar refractivity (Wildman–Crippen MR) is 95.0 cm³/mol. The van der Waals surface area contributed by atoms with Crippen molar-refractivity contribution in [3.05, 3.63) is 59.9 Å². The van der Waals surface area contributed by atoms with Crippen LogP contribution in [0.1, 0.15) is 22.5 Å². The average Bonchev–Trinajstić information content (AvgIpc) is 2.68. The van der Waals surface area contributed by atoms with Crippen molar-refractivity contribution in [3.8, 4) is 5.75 Å². The smallest absolute Gasteiger partial charge is 0.360 e.